The Labute approximate surface area is 167 Å². The van der Waals surface area contributed by atoms with Crippen LogP contribution in [0.1, 0.15) is 43.0 Å². The summed E-state index contributed by atoms with van der Waals surface area (Å²) in [6.45, 7) is 5.79. The number of amides is 1. The molecule has 0 saturated carbocycles. The van der Waals surface area contributed by atoms with Gasteiger partial charge in [0.1, 0.15) is 0 Å². The van der Waals surface area contributed by atoms with E-state index < -0.39 is 10.0 Å². The van der Waals surface area contributed by atoms with Crippen molar-refractivity contribution in [3.8, 4) is 0 Å². The highest BCUT2D eigenvalue weighted by Crippen LogP contribution is 2.24. The maximum absolute atomic E-state index is 12.9. The second kappa shape index (κ2) is 9.15. The molecule has 0 aliphatic carbocycles. The number of Topliss-reactive ketones (excluding diaryl/α,β-unsaturated/α-hetero) is 1. The Bertz CT molecular complexity index is 810. The lowest BCUT2D eigenvalue weighted by Gasteiger charge is -2.30. The maximum atomic E-state index is 12.9. The average Bonchev–Trinajstić information content (AvgIpc) is 3.21. The summed E-state index contributed by atoms with van der Waals surface area (Å²) in [5, 5.41) is 3.00. The zero-order valence-electron chi connectivity index (χ0n) is 16.4. The van der Waals surface area contributed by atoms with E-state index in [1.165, 1.54) is 36.2 Å². The molecule has 7 nitrogen and oxygen atoms in total. The van der Waals surface area contributed by atoms with Crippen molar-refractivity contribution >= 4 is 21.7 Å². The Hall–Kier alpha value is -1.77. The smallest absolute Gasteiger partial charge is 0.243 e. The first-order chi connectivity index (χ1) is 13.4. The highest BCUT2D eigenvalue weighted by atomic mass is 32.2. The van der Waals surface area contributed by atoms with Crippen molar-refractivity contribution in [1.82, 2.24) is 14.5 Å². The van der Waals surface area contributed by atoms with Gasteiger partial charge in [0.05, 0.1) is 4.90 Å². The van der Waals surface area contributed by atoms with Crippen molar-refractivity contribution in [2.24, 2.45) is 5.92 Å². The molecular weight excluding hydrogens is 378 g/mol. The van der Waals surface area contributed by atoms with Crippen molar-refractivity contribution in [3.05, 3.63) is 29.8 Å². The molecule has 1 amide bonds. The zero-order chi connectivity index (χ0) is 20.1. The van der Waals surface area contributed by atoms with Crippen molar-refractivity contribution in [3.63, 3.8) is 0 Å². The minimum Gasteiger partial charge on any atom is -0.355 e. The molecular formula is C20H29N3O4S. The van der Waals surface area contributed by atoms with E-state index in [4.69, 9.17) is 0 Å². The van der Waals surface area contributed by atoms with Crippen LogP contribution in [0.3, 0.4) is 0 Å². The third kappa shape index (κ3) is 4.98. The van der Waals surface area contributed by atoms with Gasteiger partial charge in [0.25, 0.3) is 0 Å². The van der Waals surface area contributed by atoms with Gasteiger partial charge in [-0.05, 0) is 57.8 Å². The van der Waals surface area contributed by atoms with E-state index in [1.54, 1.807) is 12.1 Å². The number of benzene rings is 1. The lowest BCUT2D eigenvalue weighted by molar-refractivity contribution is -0.126. The lowest BCUT2D eigenvalue weighted by atomic mass is 9.97. The number of hydrogen-bond acceptors (Lipinski definition) is 5. The van der Waals surface area contributed by atoms with Crippen LogP contribution in [0.25, 0.3) is 0 Å². The summed E-state index contributed by atoms with van der Waals surface area (Å²) < 4.78 is 27.1. The molecule has 0 radical (unpaired) electrons. The highest BCUT2D eigenvalue weighted by molar-refractivity contribution is 7.89. The number of sulfonamides is 1. The molecule has 1 N–H and O–H groups in total. The van der Waals surface area contributed by atoms with E-state index in [9.17, 15) is 18.0 Å². The predicted octanol–water partition coefficient (Wildman–Crippen LogP) is 1.50. The van der Waals surface area contributed by atoms with Crippen molar-refractivity contribution in [2.45, 2.75) is 37.5 Å². The molecule has 0 bridgehead atoms. The Balaban J connectivity index is 1.51. The molecule has 2 aliphatic heterocycles. The van der Waals surface area contributed by atoms with Crippen LogP contribution in [0.5, 0.6) is 0 Å². The number of hydrogen-bond donors (Lipinski definition) is 1. The minimum atomic E-state index is -3.65. The van der Waals surface area contributed by atoms with Crippen LogP contribution < -0.4 is 5.32 Å². The second-order valence-electron chi connectivity index (χ2n) is 7.60. The highest BCUT2D eigenvalue weighted by Gasteiger charge is 2.32. The van der Waals surface area contributed by atoms with Crippen molar-refractivity contribution in [1.29, 1.82) is 0 Å². The SMILES string of the molecule is CC(=O)c1cccc(S(=O)(=O)N2CCC(C(=O)NCCN3CCCC3)CC2)c1. The maximum Gasteiger partial charge on any atom is 0.243 e. The van der Waals surface area contributed by atoms with Crippen LogP contribution in [-0.2, 0) is 14.8 Å². The summed E-state index contributed by atoms with van der Waals surface area (Å²) >= 11 is 0. The van der Waals surface area contributed by atoms with Crippen LogP contribution in [0.2, 0.25) is 0 Å². The molecule has 2 fully saturated rings. The molecule has 154 valence electrons. The van der Waals surface area contributed by atoms with Gasteiger partial charge in [0.15, 0.2) is 5.78 Å². The topological polar surface area (TPSA) is 86.8 Å². The summed E-state index contributed by atoms with van der Waals surface area (Å²) in [6.07, 6.45) is 3.49. The number of nitrogens with zero attached hydrogens (tertiary/aromatic N) is 2. The number of carbonyl (C=O) groups excluding carboxylic acids is 2. The van der Waals surface area contributed by atoms with Crippen LogP contribution in [-0.4, -0.2) is 68.6 Å². The molecule has 0 unspecified atom stereocenters. The molecule has 0 spiro atoms. The van der Waals surface area contributed by atoms with Gasteiger partial charge in [-0.15, -0.1) is 0 Å². The summed E-state index contributed by atoms with van der Waals surface area (Å²) in [5.74, 6) is -0.287. The quantitative estimate of drug-likeness (QED) is 0.692. The summed E-state index contributed by atoms with van der Waals surface area (Å²) in [5.41, 5.74) is 0.383. The summed E-state index contributed by atoms with van der Waals surface area (Å²) in [6, 6.07) is 6.14. The average molecular weight is 408 g/mol. The molecule has 8 heteroatoms. The van der Waals surface area contributed by atoms with Crippen molar-refractivity contribution < 1.29 is 18.0 Å². The minimum absolute atomic E-state index is 0.0230. The fourth-order valence-electron chi connectivity index (χ4n) is 3.87. The fourth-order valence-corrected chi connectivity index (χ4v) is 5.39. The number of likely N-dealkylation sites (tertiary alicyclic amines) is 1. The number of nitrogens with one attached hydrogen (secondary N) is 1. The largest absolute Gasteiger partial charge is 0.355 e. The van der Waals surface area contributed by atoms with Gasteiger partial charge in [0.2, 0.25) is 15.9 Å². The Morgan fingerprint density at radius 2 is 1.79 bits per heavy atom. The van der Waals surface area contributed by atoms with E-state index in [1.807, 2.05) is 0 Å². The number of rotatable bonds is 7. The van der Waals surface area contributed by atoms with Crippen molar-refractivity contribution in [2.75, 3.05) is 39.3 Å². The monoisotopic (exact) mass is 407 g/mol. The second-order valence-corrected chi connectivity index (χ2v) is 9.54. The Morgan fingerprint density at radius 1 is 1.11 bits per heavy atom. The van der Waals surface area contributed by atoms with Gasteiger partial charge in [-0.1, -0.05) is 12.1 Å². The van der Waals surface area contributed by atoms with Crippen LogP contribution >= 0.6 is 0 Å². The van der Waals surface area contributed by atoms with Gasteiger partial charge < -0.3 is 10.2 Å². The summed E-state index contributed by atoms with van der Waals surface area (Å²) in [7, 11) is -3.65. The first kappa shape index (κ1) is 21.0. The van der Waals surface area contributed by atoms with Gasteiger partial charge in [-0.25, -0.2) is 8.42 Å². The molecule has 2 aliphatic rings. The van der Waals surface area contributed by atoms with E-state index >= 15 is 0 Å². The molecule has 2 saturated heterocycles. The third-order valence-corrected chi connectivity index (χ3v) is 7.52. The van der Waals surface area contributed by atoms with Crippen LogP contribution in [0.15, 0.2) is 29.2 Å². The van der Waals surface area contributed by atoms with E-state index in [2.05, 4.69) is 10.2 Å². The van der Waals surface area contributed by atoms with Gasteiger partial charge in [-0.3, -0.25) is 9.59 Å². The molecule has 3 rings (SSSR count). The standard InChI is InChI=1S/C20H29N3O4S/c1-16(24)18-5-4-6-19(15-18)28(26,27)23-12-7-17(8-13-23)20(25)21-9-14-22-10-2-3-11-22/h4-6,15,17H,2-3,7-14H2,1H3,(H,21,25). The Morgan fingerprint density at radius 3 is 2.43 bits per heavy atom. The lowest BCUT2D eigenvalue weighted by Crippen LogP contribution is -2.44. The number of piperidine rings is 1. The predicted molar refractivity (Wildman–Crippen MR) is 107 cm³/mol. The molecule has 0 aromatic heterocycles. The molecule has 2 heterocycles. The molecule has 1 aromatic rings. The Kier molecular flexibility index (Phi) is 6.85. The van der Waals surface area contributed by atoms with Gasteiger partial charge in [-0.2, -0.15) is 4.31 Å². The number of ketones is 1. The summed E-state index contributed by atoms with van der Waals surface area (Å²) in [4.78, 5) is 26.4. The van der Waals surface area contributed by atoms with Gasteiger partial charge in [0, 0.05) is 37.7 Å². The molecule has 28 heavy (non-hydrogen) atoms. The van der Waals surface area contributed by atoms with E-state index in [-0.39, 0.29) is 22.5 Å². The van der Waals surface area contributed by atoms with Crippen LogP contribution in [0.4, 0.5) is 0 Å². The van der Waals surface area contributed by atoms with E-state index in [0.717, 1.165) is 19.6 Å². The first-order valence-electron chi connectivity index (χ1n) is 9.99. The van der Waals surface area contributed by atoms with Crippen LogP contribution in [0, 0.1) is 5.92 Å². The normalized spacial score (nSPS) is 19.6. The number of carbonyl (C=O) groups is 2. The first-order valence-corrected chi connectivity index (χ1v) is 11.4. The van der Waals surface area contributed by atoms with Gasteiger partial charge >= 0.3 is 0 Å². The zero-order valence-corrected chi connectivity index (χ0v) is 17.2. The third-order valence-electron chi connectivity index (χ3n) is 5.63. The fraction of sp³-hybridized carbons (Fsp3) is 0.600. The van der Waals surface area contributed by atoms with E-state index in [0.29, 0.717) is 38.0 Å². The molecule has 0 atom stereocenters. The molecule has 1 aromatic carbocycles.